The van der Waals surface area contributed by atoms with Crippen molar-refractivity contribution < 1.29 is 28.7 Å². The normalized spacial score (nSPS) is 25.3. The Balaban J connectivity index is 0.832. The zero-order valence-corrected chi connectivity index (χ0v) is 30.7. The molecule has 0 spiro atoms. The molecule has 272 valence electrons. The number of ether oxygens (including phenoxy) is 1. The van der Waals surface area contributed by atoms with Crippen LogP contribution in [0.1, 0.15) is 87.3 Å². The van der Waals surface area contributed by atoms with E-state index in [1.54, 1.807) is 30.3 Å². The summed E-state index contributed by atoms with van der Waals surface area (Å²) >= 11 is 9.72. The summed E-state index contributed by atoms with van der Waals surface area (Å²) in [5.41, 5.74) is 2.01. The SMILES string of the molecule is N#Cc1ccc(OC2CCC(NC(=O)c3ccc(N4C5CC4CN(Cc4ccc6c(c4Br)C(=O)N(C4CCC(=O)NC4=O)C6=O)C5)nn3)CC2)cc1Cl. The van der Waals surface area contributed by atoms with Gasteiger partial charge in [-0.05, 0) is 90.4 Å². The van der Waals surface area contributed by atoms with Gasteiger partial charge in [0.05, 0.1) is 27.8 Å². The third-order valence-electron chi connectivity index (χ3n) is 10.8. The van der Waals surface area contributed by atoms with Crippen LogP contribution in [-0.4, -0.2) is 92.9 Å². The first-order valence-corrected chi connectivity index (χ1v) is 18.8. The van der Waals surface area contributed by atoms with Gasteiger partial charge in [0.25, 0.3) is 17.7 Å². The Hall–Kier alpha value is -4.91. The Morgan fingerprint density at radius 2 is 1.77 bits per heavy atom. The van der Waals surface area contributed by atoms with Gasteiger partial charge in [-0.3, -0.25) is 39.1 Å². The van der Waals surface area contributed by atoms with Crippen molar-refractivity contribution in [1.29, 1.82) is 5.26 Å². The molecule has 9 rings (SSSR count). The van der Waals surface area contributed by atoms with Crippen LogP contribution in [-0.2, 0) is 16.1 Å². The van der Waals surface area contributed by atoms with E-state index >= 15 is 0 Å². The molecular formula is C37H34BrClN8O6. The number of nitrogens with zero attached hydrogens (tertiary/aromatic N) is 6. The number of anilines is 1. The van der Waals surface area contributed by atoms with Crippen LogP contribution in [0.3, 0.4) is 0 Å². The number of hydrogen-bond acceptors (Lipinski definition) is 11. The van der Waals surface area contributed by atoms with Gasteiger partial charge in [-0.2, -0.15) is 5.26 Å². The number of hydrogen-bond donors (Lipinski definition) is 2. The number of piperazine rings is 1. The number of carbonyl (C=O) groups is 5. The molecule has 2 aromatic carbocycles. The number of nitrogens with one attached hydrogen (secondary N) is 2. The zero-order valence-electron chi connectivity index (χ0n) is 28.4. The van der Waals surface area contributed by atoms with E-state index in [0.29, 0.717) is 27.4 Å². The molecular weight excluding hydrogens is 768 g/mol. The van der Waals surface area contributed by atoms with Gasteiger partial charge in [0.2, 0.25) is 11.8 Å². The van der Waals surface area contributed by atoms with Crippen molar-refractivity contribution in [3.05, 3.63) is 79.9 Å². The number of fused-ring (bicyclic) bond motifs is 3. The average Bonchev–Trinajstić information content (AvgIpc) is 3.39. The second kappa shape index (κ2) is 14.1. The summed E-state index contributed by atoms with van der Waals surface area (Å²) in [5, 5.41) is 23.4. The van der Waals surface area contributed by atoms with Crippen molar-refractivity contribution in [2.45, 2.75) is 81.8 Å². The number of benzene rings is 2. The maximum absolute atomic E-state index is 13.5. The van der Waals surface area contributed by atoms with Crippen molar-refractivity contribution >= 4 is 62.9 Å². The fraction of sp³-hybridized carbons (Fsp3) is 0.405. The lowest BCUT2D eigenvalue weighted by Crippen LogP contribution is -2.69. The average molecular weight is 802 g/mol. The highest BCUT2D eigenvalue weighted by Crippen LogP contribution is 2.39. The fourth-order valence-electron chi connectivity index (χ4n) is 8.14. The van der Waals surface area contributed by atoms with E-state index in [9.17, 15) is 24.0 Å². The number of aromatic nitrogens is 2. The van der Waals surface area contributed by atoms with Crippen LogP contribution in [0.4, 0.5) is 5.82 Å². The minimum Gasteiger partial charge on any atom is -0.490 e. The van der Waals surface area contributed by atoms with Gasteiger partial charge in [-0.1, -0.05) is 17.7 Å². The largest absolute Gasteiger partial charge is 0.490 e. The Morgan fingerprint density at radius 1 is 1.00 bits per heavy atom. The van der Waals surface area contributed by atoms with Gasteiger partial charge in [0.1, 0.15) is 17.9 Å². The Morgan fingerprint density at radius 3 is 2.45 bits per heavy atom. The Bertz CT molecular complexity index is 2070. The summed E-state index contributed by atoms with van der Waals surface area (Å²) in [6.07, 6.45) is 4.23. The number of imide groups is 2. The fourth-order valence-corrected chi connectivity index (χ4v) is 9.00. The number of nitriles is 1. The Labute approximate surface area is 317 Å². The summed E-state index contributed by atoms with van der Waals surface area (Å²) in [4.78, 5) is 69.3. The van der Waals surface area contributed by atoms with Crippen LogP contribution in [0.2, 0.25) is 5.02 Å². The molecule has 3 aromatic rings. The summed E-state index contributed by atoms with van der Waals surface area (Å²) in [5.74, 6) is -1.04. The number of piperidine rings is 2. The molecule has 5 aliphatic heterocycles. The van der Waals surface area contributed by atoms with E-state index in [1.807, 2.05) is 18.2 Å². The first-order valence-electron chi connectivity index (χ1n) is 17.6. The first kappa shape index (κ1) is 35.1. The minimum absolute atomic E-state index is 0.000701. The monoisotopic (exact) mass is 800 g/mol. The number of carbonyl (C=O) groups excluding carboxylic acids is 5. The molecule has 3 atom stereocenters. The molecule has 53 heavy (non-hydrogen) atoms. The van der Waals surface area contributed by atoms with Crippen molar-refractivity contribution in [2.75, 3.05) is 18.0 Å². The van der Waals surface area contributed by atoms with Crippen LogP contribution in [0.5, 0.6) is 5.75 Å². The van der Waals surface area contributed by atoms with E-state index in [4.69, 9.17) is 21.6 Å². The lowest BCUT2D eigenvalue weighted by Gasteiger charge is -2.57. The molecule has 14 nitrogen and oxygen atoms in total. The van der Waals surface area contributed by atoms with E-state index in [0.717, 1.165) is 61.5 Å². The van der Waals surface area contributed by atoms with E-state index in [-0.39, 0.29) is 59.8 Å². The second-order valence-electron chi connectivity index (χ2n) is 14.1. The molecule has 16 heteroatoms. The predicted octanol–water partition coefficient (Wildman–Crippen LogP) is 3.75. The maximum atomic E-state index is 13.5. The third kappa shape index (κ3) is 6.64. The van der Waals surface area contributed by atoms with E-state index in [2.05, 4.69) is 46.6 Å². The van der Waals surface area contributed by atoms with Gasteiger partial charge in [-0.25, -0.2) is 0 Å². The van der Waals surface area contributed by atoms with E-state index < -0.39 is 29.7 Å². The van der Waals surface area contributed by atoms with Gasteiger partial charge in [-0.15, -0.1) is 10.2 Å². The first-order chi connectivity index (χ1) is 25.6. The lowest BCUT2D eigenvalue weighted by molar-refractivity contribution is -0.136. The van der Waals surface area contributed by atoms with Gasteiger partial charge in [0, 0.05) is 54.7 Å². The molecule has 5 fully saturated rings. The van der Waals surface area contributed by atoms with Gasteiger partial charge < -0.3 is 15.0 Å². The molecule has 1 aromatic heterocycles. The highest BCUT2D eigenvalue weighted by atomic mass is 79.9. The van der Waals surface area contributed by atoms with Crippen LogP contribution in [0.25, 0.3) is 0 Å². The highest BCUT2D eigenvalue weighted by molar-refractivity contribution is 9.10. The summed E-state index contributed by atoms with van der Waals surface area (Å²) in [6.45, 7) is 2.06. The van der Waals surface area contributed by atoms with Crippen molar-refractivity contribution in [1.82, 2.24) is 30.6 Å². The Kier molecular flexibility index (Phi) is 9.38. The highest BCUT2D eigenvalue weighted by Gasteiger charge is 2.47. The van der Waals surface area contributed by atoms with Crippen molar-refractivity contribution in [3.8, 4) is 11.8 Å². The molecule has 2 N–H and O–H groups in total. The summed E-state index contributed by atoms with van der Waals surface area (Å²) in [6, 6.07) is 13.5. The standard InChI is InChI=1S/C37H34BrClN8O6/c38-33-20(2-8-26-32(33)37(52)47(36(26)51)29-10-12-31(48)42-35(29)50)16-45-17-22-13-23(18-45)46(22)30-11-9-28(43-44-30)34(49)41-21-3-6-24(7-4-21)53-25-5-1-19(15-40)27(39)14-25/h1-2,5,8-9,11,14,21-24,29H,3-4,6-7,10,12-13,16-18H2,(H,41,49)(H,42,48,50). The van der Waals surface area contributed by atoms with Gasteiger partial charge in [0.15, 0.2) is 11.5 Å². The zero-order chi connectivity index (χ0) is 37.0. The van der Waals surface area contributed by atoms with E-state index in [1.165, 1.54) is 0 Å². The molecule has 1 saturated carbocycles. The number of halogens is 2. The molecule has 6 aliphatic rings. The lowest BCUT2D eigenvalue weighted by atomic mass is 9.87. The van der Waals surface area contributed by atoms with Crippen LogP contribution in [0, 0.1) is 11.3 Å². The second-order valence-corrected chi connectivity index (χ2v) is 15.3. The summed E-state index contributed by atoms with van der Waals surface area (Å²) in [7, 11) is 0. The van der Waals surface area contributed by atoms with Crippen LogP contribution < -0.4 is 20.3 Å². The van der Waals surface area contributed by atoms with Crippen LogP contribution in [0.15, 0.2) is 46.9 Å². The van der Waals surface area contributed by atoms with Crippen molar-refractivity contribution in [2.24, 2.45) is 0 Å². The molecule has 6 heterocycles. The molecule has 4 saturated heterocycles. The summed E-state index contributed by atoms with van der Waals surface area (Å²) < 4.78 is 6.60. The molecule has 5 amide bonds. The molecule has 0 radical (unpaired) electrons. The molecule has 1 aliphatic carbocycles. The third-order valence-corrected chi connectivity index (χ3v) is 12.0. The molecule has 3 unspecified atom stereocenters. The minimum atomic E-state index is -1.02. The smallest absolute Gasteiger partial charge is 0.272 e. The van der Waals surface area contributed by atoms with Crippen LogP contribution >= 0.6 is 27.5 Å². The quantitative estimate of drug-likeness (QED) is 0.317. The molecule has 2 bridgehead atoms. The van der Waals surface area contributed by atoms with Gasteiger partial charge >= 0.3 is 0 Å². The topological polar surface area (TPSA) is 178 Å². The van der Waals surface area contributed by atoms with Crippen molar-refractivity contribution in [3.63, 3.8) is 0 Å². The maximum Gasteiger partial charge on any atom is 0.272 e. The predicted molar refractivity (Wildman–Crippen MR) is 193 cm³/mol. The number of rotatable bonds is 8. The number of amides is 5.